The van der Waals surface area contributed by atoms with Crippen LogP contribution in [0.15, 0.2) is 18.2 Å². The van der Waals surface area contributed by atoms with Gasteiger partial charge in [0.15, 0.2) is 12.4 Å². The number of halogens is 1. The number of aromatic nitrogens is 2. The number of anilines is 1. The third kappa shape index (κ3) is 2.33. The quantitative estimate of drug-likeness (QED) is 0.870. The van der Waals surface area contributed by atoms with Crippen LogP contribution < -0.4 is 9.64 Å². The fraction of sp³-hybridized carbons (Fsp3) is 0.333. The van der Waals surface area contributed by atoms with Crippen molar-refractivity contribution in [1.29, 1.82) is 0 Å². The summed E-state index contributed by atoms with van der Waals surface area (Å²) in [5, 5.41) is 4.28. The highest BCUT2D eigenvalue weighted by Gasteiger charge is 2.27. The minimum Gasteiger partial charge on any atom is -0.481 e. The third-order valence-corrected chi connectivity index (χ3v) is 3.47. The van der Waals surface area contributed by atoms with E-state index in [4.69, 9.17) is 9.47 Å². The highest BCUT2D eigenvalue weighted by Crippen LogP contribution is 2.35. The SMILES string of the molecule is COCN1C(=O)COc2cc(F)c(-n3nc(C)cc3C)cc21. The van der Waals surface area contributed by atoms with Crippen molar-refractivity contribution in [3.8, 4) is 11.4 Å². The van der Waals surface area contributed by atoms with Gasteiger partial charge in [0.1, 0.15) is 18.2 Å². The normalized spacial score (nSPS) is 14.0. The Labute approximate surface area is 127 Å². The van der Waals surface area contributed by atoms with E-state index in [-0.39, 0.29) is 24.9 Å². The molecule has 22 heavy (non-hydrogen) atoms. The number of benzene rings is 1. The molecule has 2 heterocycles. The van der Waals surface area contributed by atoms with Crippen LogP contribution in [-0.2, 0) is 9.53 Å². The molecule has 116 valence electrons. The van der Waals surface area contributed by atoms with Crippen molar-refractivity contribution in [2.45, 2.75) is 13.8 Å². The minimum absolute atomic E-state index is 0.0807. The van der Waals surface area contributed by atoms with Crippen molar-refractivity contribution in [3.63, 3.8) is 0 Å². The van der Waals surface area contributed by atoms with Crippen molar-refractivity contribution < 1.29 is 18.7 Å². The lowest BCUT2D eigenvalue weighted by molar-refractivity contribution is -0.122. The number of fused-ring (bicyclic) bond motifs is 1. The third-order valence-electron chi connectivity index (χ3n) is 3.47. The predicted octanol–water partition coefficient (Wildman–Crippen LogP) is 1.96. The van der Waals surface area contributed by atoms with Crippen molar-refractivity contribution in [2.24, 2.45) is 0 Å². The van der Waals surface area contributed by atoms with Crippen LogP contribution in [0.1, 0.15) is 11.4 Å². The first-order valence-corrected chi connectivity index (χ1v) is 6.80. The van der Waals surface area contributed by atoms with Crippen LogP contribution in [0, 0.1) is 19.7 Å². The average Bonchev–Trinajstić information content (AvgIpc) is 2.80. The molecule has 0 radical (unpaired) electrons. The molecule has 7 heteroatoms. The van der Waals surface area contributed by atoms with E-state index >= 15 is 0 Å². The molecule has 0 spiro atoms. The molecule has 2 aromatic rings. The summed E-state index contributed by atoms with van der Waals surface area (Å²) in [5.74, 6) is -0.378. The van der Waals surface area contributed by atoms with Gasteiger partial charge in [0.25, 0.3) is 5.91 Å². The van der Waals surface area contributed by atoms with Crippen molar-refractivity contribution in [1.82, 2.24) is 9.78 Å². The van der Waals surface area contributed by atoms with Gasteiger partial charge in [0.05, 0.1) is 11.4 Å². The largest absolute Gasteiger partial charge is 0.481 e. The number of methoxy groups -OCH3 is 1. The molecule has 1 amide bonds. The van der Waals surface area contributed by atoms with E-state index in [0.29, 0.717) is 11.4 Å². The molecule has 1 aliphatic heterocycles. The first-order chi connectivity index (χ1) is 10.5. The molecule has 0 aliphatic carbocycles. The van der Waals surface area contributed by atoms with Crippen molar-refractivity contribution in [3.05, 3.63) is 35.4 Å². The van der Waals surface area contributed by atoms with Gasteiger partial charge < -0.3 is 9.47 Å². The number of hydrogen-bond acceptors (Lipinski definition) is 4. The molecule has 0 fully saturated rings. The van der Waals surface area contributed by atoms with Gasteiger partial charge in [-0.1, -0.05) is 0 Å². The lowest BCUT2D eigenvalue weighted by Gasteiger charge is -2.29. The maximum absolute atomic E-state index is 14.4. The van der Waals surface area contributed by atoms with Crippen LogP contribution in [0.3, 0.4) is 0 Å². The molecule has 0 saturated carbocycles. The number of nitrogens with zero attached hydrogens (tertiary/aromatic N) is 3. The number of carbonyl (C=O) groups excluding carboxylic acids is 1. The number of aryl methyl sites for hydroxylation is 2. The van der Waals surface area contributed by atoms with Crippen LogP contribution in [0.4, 0.5) is 10.1 Å². The Hall–Kier alpha value is -2.41. The second-order valence-electron chi connectivity index (χ2n) is 5.14. The summed E-state index contributed by atoms with van der Waals surface area (Å²) in [7, 11) is 1.49. The summed E-state index contributed by atoms with van der Waals surface area (Å²) in [6.07, 6.45) is 0. The zero-order chi connectivity index (χ0) is 15.9. The molecule has 3 rings (SSSR count). The topological polar surface area (TPSA) is 56.6 Å². The van der Waals surface area contributed by atoms with Gasteiger partial charge in [-0.3, -0.25) is 9.69 Å². The van der Waals surface area contributed by atoms with Gasteiger partial charge in [-0.25, -0.2) is 9.07 Å². The van der Waals surface area contributed by atoms with E-state index in [0.717, 1.165) is 11.4 Å². The summed E-state index contributed by atoms with van der Waals surface area (Å²) in [5.41, 5.74) is 2.33. The number of hydrogen-bond donors (Lipinski definition) is 0. The van der Waals surface area contributed by atoms with Crippen LogP contribution in [0.5, 0.6) is 5.75 Å². The standard InChI is InChI=1S/C15H16FN3O3/c1-9-4-10(2)19(17-9)12-6-13-14(5-11(12)16)22-7-15(20)18(13)8-21-3/h4-6H,7-8H2,1-3H3. The Morgan fingerprint density at radius 1 is 1.32 bits per heavy atom. The smallest absolute Gasteiger partial charge is 0.266 e. The predicted molar refractivity (Wildman–Crippen MR) is 77.9 cm³/mol. The van der Waals surface area contributed by atoms with E-state index in [1.807, 2.05) is 19.9 Å². The Morgan fingerprint density at radius 2 is 2.09 bits per heavy atom. The minimum atomic E-state index is -0.461. The van der Waals surface area contributed by atoms with E-state index in [1.165, 1.54) is 22.8 Å². The van der Waals surface area contributed by atoms with Gasteiger partial charge in [-0.15, -0.1) is 0 Å². The lowest BCUT2D eigenvalue weighted by Crippen LogP contribution is -2.40. The Morgan fingerprint density at radius 3 is 2.73 bits per heavy atom. The number of carbonyl (C=O) groups is 1. The Kier molecular flexibility index (Phi) is 3.58. The average molecular weight is 305 g/mol. The number of amides is 1. The molecule has 0 unspecified atom stereocenters. The van der Waals surface area contributed by atoms with Gasteiger partial charge >= 0.3 is 0 Å². The molecule has 1 aromatic heterocycles. The van der Waals surface area contributed by atoms with Gasteiger partial charge in [-0.05, 0) is 26.0 Å². The summed E-state index contributed by atoms with van der Waals surface area (Å²) < 4.78 is 26.2. The maximum Gasteiger partial charge on any atom is 0.266 e. The number of ether oxygens (including phenoxy) is 2. The second-order valence-corrected chi connectivity index (χ2v) is 5.14. The summed E-state index contributed by atoms with van der Waals surface area (Å²) in [4.78, 5) is 13.4. The van der Waals surface area contributed by atoms with E-state index in [9.17, 15) is 9.18 Å². The molecule has 0 bridgehead atoms. The van der Waals surface area contributed by atoms with Gasteiger partial charge in [0.2, 0.25) is 0 Å². The summed E-state index contributed by atoms with van der Waals surface area (Å²) in [6.45, 7) is 3.63. The molecular formula is C15H16FN3O3. The molecule has 0 N–H and O–H groups in total. The molecule has 0 atom stereocenters. The highest BCUT2D eigenvalue weighted by atomic mass is 19.1. The van der Waals surface area contributed by atoms with Crippen molar-refractivity contribution in [2.75, 3.05) is 25.3 Å². The molecule has 6 nitrogen and oxygen atoms in total. The summed E-state index contributed by atoms with van der Waals surface area (Å²) >= 11 is 0. The van der Waals surface area contributed by atoms with E-state index in [2.05, 4.69) is 5.10 Å². The fourth-order valence-corrected chi connectivity index (χ4v) is 2.52. The summed E-state index contributed by atoms with van der Waals surface area (Å²) in [6, 6.07) is 4.68. The van der Waals surface area contributed by atoms with E-state index in [1.54, 1.807) is 6.07 Å². The first kappa shape index (κ1) is 14.5. The molecule has 1 aliphatic rings. The van der Waals surface area contributed by atoms with E-state index < -0.39 is 5.82 Å². The van der Waals surface area contributed by atoms with Crippen LogP contribution in [0.25, 0.3) is 5.69 Å². The zero-order valence-electron chi connectivity index (χ0n) is 12.6. The van der Waals surface area contributed by atoms with Crippen molar-refractivity contribution >= 4 is 11.6 Å². The monoisotopic (exact) mass is 305 g/mol. The molecule has 0 saturated heterocycles. The second kappa shape index (κ2) is 5.42. The fourth-order valence-electron chi connectivity index (χ4n) is 2.52. The lowest BCUT2D eigenvalue weighted by atomic mass is 10.2. The van der Waals surface area contributed by atoms with Crippen LogP contribution in [-0.4, -0.2) is 36.1 Å². The number of rotatable bonds is 3. The van der Waals surface area contributed by atoms with Gasteiger partial charge in [-0.2, -0.15) is 5.10 Å². The van der Waals surface area contributed by atoms with Crippen LogP contribution >= 0.6 is 0 Å². The Bertz CT molecular complexity index is 742. The highest BCUT2D eigenvalue weighted by molar-refractivity contribution is 5.98. The maximum atomic E-state index is 14.4. The Balaban J connectivity index is 2.14. The molecular weight excluding hydrogens is 289 g/mol. The van der Waals surface area contributed by atoms with Crippen LogP contribution in [0.2, 0.25) is 0 Å². The van der Waals surface area contributed by atoms with Gasteiger partial charge in [0, 0.05) is 18.9 Å². The molecule has 1 aromatic carbocycles. The first-order valence-electron chi connectivity index (χ1n) is 6.80. The zero-order valence-corrected chi connectivity index (χ0v) is 12.6.